The molecule has 0 aliphatic heterocycles. The smallest absolute Gasteiger partial charge is 0.254 e. The molecule has 30 heavy (non-hydrogen) atoms. The van der Waals surface area contributed by atoms with E-state index in [2.05, 4.69) is 38.1 Å². The first-order valence-corrected chi connectivity index (χ1v) is 11.9. The fourth-order valence-corrected chi connectivity index (χ4v) is 4.76. The number of nitrogens with zero attached hydrogens (tertiary/aromatic N) is 2. The number of aryl methyl sites for hydroxylation is 1. The van der Waals surface area contributed by atoms with Gasteiger partial charge in [0.05, 0.1) is 4.90 Å². The Balaban J connectivity index is 1.94. The van der Waals surface area contributed by atoms with Crippen molar-refractivity contribution in [3.63, 3.8) is 0 Å². The van der Waals surface area contributed by atoms with Crippen molar-refractivity contribution < 1.29 is 13.2 Å². The van der Waals surface area contributed by atoms with Gasteiger partial charge in [-0.1, -0.05) is 38.1 Å². The molecular formula is C24H32N2O3S. The van der Waals surface area contributed by atoms with Gasteiger partial charge in [-0.3, -0.25) is 4.79 Å². The molecular weight excluding hydrogens is 396 g/mol. The first-order chi connectivity index (χ1) is 14.0. The lowest BCUT2D eigenvalue weighted by Gasteiger charge is -2.24. The van der Waals surface area contributed by atoms with Gasteiger partial charge in [-0.15, -0.1) is 0 Å². The van der Waals surface area contributed by atoms with Crippen LogP contribution >= 0.6 is 0 Å². The average molecular weight is 429 g/mol. The molecule has 0 spiro atoms. The van der Waals surface area contributed by atoms with E-state index in [1.165, 1.54) is 30.0 Å². The van der Waals surface area contributed by atoms with Crippen molar-refractivity contribution in [1.29, 1.82) is 0 Å². The lowest BCUT2D eigenvalue weighted by Crippen LogP contribution is -2.33. The summed E-state index contributed by atoms with van der Waals surface area (Å²) < 4.78 is 26.7. The van der Waals surface area contributed by atoms with E-state index in [0.29, 0.717) is 23.6 Å². The Hall–Kier alpha value is -2.18. The first-order valence-electron chi connectivity index (χ1n) is 10.5. The van der Waals surface area contributed by atoms with E-state index in [0.717, 1.165) is 24.0 Å². The van der Waals surface area contributed by atoms with Gasteiger partial charge in [0.1, 0.15) is 0 Å². The molecule has 162 valence electrons. The molecule has 0 heterocycles. The second-order valence-electron chi connectivity index (χ2n) is 8.76. The van der Waals surface area contributed by atoms with Crippen LogP contribution in [0.5, 0.6) is 0 Å². The van der Waals surface area contributed by atoms with Crippen LogP contribution in [0.25, 0.3) is 0 Å². The molecule has 1 aliphatic rings. The van der Waals surface area contributed by atoms with Crippen LogP contribution in [0.2, 0.25) is 0 Å². The summed E-state index contributed by atoms with van der Waals surface area (Å²) in [6, 6.07) is 12.0. The summed E-state index contributed by atoms with van der Waals surface area (Å²) in [5.74, 6) is 0.358. The van der Waals surface area contributed by atoms with E-state index < -0.39 is 10.0 Å². The molecule has 0 atom stereocenters. The molecule has 1 aliphatic carbocycles. The molecule has 2 aromatic carbocycles. The number of rotatable bonds is 7. The summed E-state index contributed by atoms with van der Waals surface area (Å²) in [6.45, 7) is 8.49. The number of amides is 1. The van der Waals surface area contributed by atoms with Gasteiger partial charge >= 0.3 is 0 Å². The SMILES string of the molecule is Cc1cc(C(=O)N(Cc2ccc(C(C)C)cc2)C2CC2)cc(S(=O)(=O)N(C)C)c1C. The molecule has 0 bridgehead atoms. The van der Waals surface area contributed by atoms with Crippen molar-refractivity contribution in [2.45, 2.75) is 63.9 Å². The maximum absolute atomic E-state index is 13.4. The van der Waals surface area contributed by atoms with E-state index in [9.17, 15) is 13.2 Å². The van der Waals surface area contributed by atoms with Crippen molar-refractivity contribution in [3.8, 4) is 0 Å². The van der Waals surface area contributed by atoms with Crippen LogP contribution in [0, 0.1) is 13.8 Å². The van der Waals surface area contributed by atoms with Crippen molar-refractivity contribution in [2.75, 3.05) is 14.1 Å². The first kappa shape index (κ1) is 22.5. The fourth-order valence-electron chi connectivity index (χ4n) is 3.54. The van der Waals surface area contributed by atoms with E-state index in [4.69, 9.17) is 0 Å². The van der Waals surface area contributed by atoms with Gasteiger partial charge in [0.15, 0.2) is 0 Å². The zero-order valence-corrected chi connectivity index (χ0v) is 19.6. The van der Waals surface area contributed by atoms with Crippen LogP contribution in [0.4, 0.5) is 0 Å². The Morgan fingerprint density at radius 1 is 1.07 bits per heavy atom. The highest BCUT2D eigenvalue weighted by Gasteiger charge is 2.34. The Bertz CT molecular complexity index is 1040. The molecule has 0 aromatic heterocycles. The minimum atomic E-state index is -3.63. The van der Waals surface area contributed by atoms with Gasteiger partial charge in [0, 0.05) is 32.2 Å². The van der Waals surface area contributed by atoms with Gasteiger partial charge in [-0.25, -0.2) is 12.7 Å². The molecule has 1 saturated carbocycles. The van der Waals surface area contributed by atoms with Crippen LogP contribution in [0.1, 0.15) is 65.2 Å². The summed E-state index contributed by atoms with van der Waals surface area (Å²) in [5.41, 5.74) is 4.28. The minimum Gasteiger partial charge on any atom is -0.331 e. The minimum absolute atomic E-state index is 0.108. The summed E-state index contributed by atoms with van der Waals surface area (Å²) >= 11 is 0. The summed E-state index contributed by atoms with van der Waals surface area (Å²) in [6.07, 6.45) is 1.98. The number of carbonyl (C=O) groups is 1. The third-order valence-corrected chi connectivity index (χ3v) is 7.81. The van der Waals surface area contributed by atoms with Gasteiger partial charge in [-0.05, 0) is 67.0 Å². The highest BCUT2D eigenvalue weighted by Crippen LogP contribution is 2.31. The molecule has 2 aromatic rings. The average Bonchev–Trinajstić information content (AvgIpc) is 3.52. The lowest BCUT2D eigenvalue weighted by molar-refractivity contribution is 0.0729. The maximum Gasteiger partial charge on any atom is 0.254 e. The number of sulfonamides is 1. The van der Waals surface area contributed by atoms with Crippen molar-refractivity contribution >= 4 is 15.9 Å². The monoisotopic (exact) mass is 428 g/mol. The van der Waals surface area contributed by atoms with E-state index >= 15 is 0 Å². The fraction of sp³-hybridized carbons (Fsp3) is 0.458. The maximum atomic E-state index is 13.4. The Morgan fingerprint density at radius 3 is 2.17 bits per heavy atom. The topological polar surface area (TPSA) is 57.7 Å². The molecule has 6 heteroatoms. The number of carbonyl (C=O) groups excluding carboxylic acids is 1. The van der Waals surface area contributed by atoms with Crippen molar-refractivity contribution in [1.82, 2.24) is 9.21 Å². The highest BCUT2D eigenvalue weighted by molar-refractivity contribution is 7.89. The molecule has 0 radical (unpaired) electrons. The van der Waals surface area contributed by atoms with E-state index in [1.54, 1.807) is 6.92 Å². The Kier molecular flexibility index (Phi) is 6.39. The molecule has 0 saturated heterocycles. The van der Waals surface area contributed by atoms with E-state index in [1.807, 2.05) is 17.9 Å². The standard InChI is InChI=1S/C24H32N2O3S/c1-16(2)20-9-7-19(8-10-20)15-26(22-11-12-22)24(27)21-13-17(3)18(4)23(14-21)30(28,29)25(5)6/h7-10,13-14,16,22H,11-12,15H2,1-6H3. The van der Waals surface area contributed by atoms with Crippen LogP contribution in [-0.2, 0) is 16.6 Å². The lowest BCUT2D eigenvalue weighted by atomic mass is 10.0. The molecule has 1 amide bonds. The second-order valence-corrected chi connectivity index (χ2v) is 10.9. The van der Waals surface area contributed by atoms with Crippen molar-refractivity contribution in [3.05, 3.63) is 64.2 Å². The van der Waals surface area contributed by atoms with Gasteiger partial charge in [0.2, 0.25) is 10.0 Å². The largest absolute Gasteiger partial charge is 0.331 e. The van der Waals surface area contributed by atoms with E-state index in [-0.39, 0.29) is 16.8 Å². The summed E-state index contributed by atoms with van der Waals surface area (Å²) in [5, 5.41) is 0. The molecule has 0 unspecified atom stereocenters. The summed E-state index contributed by atoms with van der Waals surface area (Å²) in [7, 11) is -0.606. The van der Waals surface area contributed by atoms with Crippen LogP contribution in [0.3, 0.4) is 0 Å². The molecule has 0 N–H and O–H groups in total. The number of hydrogen-bond donors (Lipinski definition) is 0. The Morgan fingerprint density at radius 2 is 1.67 bits per heavy atom. The van der Waals surface area contributed by atoms with Crippen molar-refractivity contribution in [2.24, 2.45) is 0 Å². The second kappa shape index (κ2) is 8.52. The van der Waals surface area contributed by atoms with Gasteiger partial charge in [0.25, 0.3) is 5.91 Å². The normalized spacial score (nSPS) is 14.4. The highest BCUT2D eigenvalue weighted by atomic mass is 32.2. The Labute approximate surface area is 180 Å². The van der Waals surface area contributed by atoms with Gasteiger partial charge < -0.3 is 4.90 Å². The predicted molar refractivity (Wildman–Crippen MR) is 120 cm³/mol. The predicted octanol–water partition coefficient (Wildman–Crippen LogP) is 4.48. The molecule has 5 nitrogen and oxygen atoms in total. The molecule has 1 fully saturated rings. The third kappa shape index (κ3) is 4.60. The van der Waals surface area contributed by atoms with Crippen LogP contribution in [0.15, 0.2) is 41.3 Å². The zero-order chi connectivity index (χ0) is 22.2. The third-order valence-electron chi connectivity index (χ3n) is 5.87. The number of hydrogen-bond acceptors (Lipinski definition) is 3. The number of benzene rings is 2. The molecule has 3 rings (SSSR count). The summed E-state index contributed by atoms with van der Waals surface area (Å²) in [4.78, 5) is 15.5. The van der Waals surface area contributed by atoms with Crippen LogP contribution in [-0.4, -0.2) is 43.7 Å². The zero-order valence-electron chi connectivity index (χ0n) is 18.8. The van der Waals surface area contributed by atoms with Gasteiger partial charge in [-0.2, -0.15) is 0 Å². The quantitative estimate of drug-likeness (QED) is 0.653. The van der Waals surface area contributed by atoms with Crippen LogP contribution < -0.4 is 0 Å².